The van der Waals surface area contributed by atoms with E-state index in [0.717, 1.165) is 10.9 Å². The van der Waals surface area contributed by atoms with Crippen molar-refractivity contribution in [2.24, 2.45) is 0 Å². The van der Waals surface area contributed by atoms with E-state index < -0.39 is 9.84 Å². The quantitative estimate of drug-likeness (QED) is 0.813. The Kier molecular flexibility index (Phi) is 3.57. The molecule has 7 heteroatoms. The van der Waals surface area contributed by atoms with Crippen molar-refractivity contribution in [3.05, 3.63) is 24.5 Å². The molecule has 0 amide bonds. The smallest absolute Gasteiger partial charge is 0.149 e. The Morgan fingerprint density at radius 3 is 2.79 bits per heavy atom. The molecule has 0 spiro atoms. The molecule has 1 aromatic carbocycles. The molecule has 0 radical (unpaired) electrons. The minimum Gasteiger partial charge on any atom is -0.399 e. The van der Waals surface area contributed by atoms with Crippen LogP contribution in [0.3, 0.4) is 0 Å². The Bertz CT molecular complexity index is 700. The number of nitrogens with one attached hydrogen (secondary N) is 1. The van der Waals surface area contributed by atoms with Gasteiger partial charge in [-0.2, -0.15) is 0 Å². The number of nitrogens with two attached hydrogens (primary N) is 1. The van der Waals surface area contributed by atoms with Crippen molar-refractivity contribution >= 4 is 32.2 Å². The normalized spacial score (nSPS) is 13.4. The maximum absolute atomic E-state index is 11.3. The van der Waals surface area contributed by atoms with Gasteiger partial charge < -0.3 is 11.1 Å². The van der Waals surface area contributed by atoms with Gasteiger partial charge in [0.15, 0.2) is 0 Å². The zero-order valence-electron chi connectivity index (χ0n) is 10.8. The number of benzene rings is 1. The van der Waals surface area contributed by atoms with Gasteiger partial charge in [-0.1, -0.05) is 0 Å². The second-order valence-corrected chi connectivity index (χ2v) is 6.82. The SMILES string of the molecule is CC(CS(C)(=O)=O)Nc1ncnc2ccc(N)cc12. The van der Waals surface area contributed by atoms with Crippen molar-refractivity contribution in [1.29, 1.82) is 0 Å². The van der Waals surface area contributed by atoms with E-state index in [-0.39, 0.29) is 11.8 Å². The second-order valence-electron chi connectivity index (χ2n) is 4.64. The molecule has 2 aromatic rings. The molecule has 1 aromatic heterocycles. The lowest BCUT2D eigenvalue weighted by molar-refractivity contribution is 0.598. The van der Waals surface area contributed by atoms with E-state index >= 15 is 0 Å². The number of nitrogen functional groups attached to an aromatic ring is 1. The summed E-state index contributed by atoms with van der Waals surface area (Å²) in [4.78, 5) is 8.29. The van der Waals surface area contributed by atoms with Crippen LogP contribution in [-0.4, -0.2) is 36.4 Å². The lowest BCUT2D eigenvalue weighted by Crippen LogP contribution is -2.25. The van der Waals surface area contributed by atoms with Gasteiger partial charge in [-0.05, 0) is 25.1 Å². The minimum atomic E-state index is -3.04. The van der Waals surface area contributed by atoms with Gasteiger partial charge in [0.25, 0.3) is 0 Å². The summed E-state index contributed by atoms with van der Waals surface area (Å²) in [6.45, 7) is 1.79. The van der Waals surface area contributed by atoms with Gasteiger partial charge in [0.05, 0.1) is 11.3 Å². The zero-order chi connectivity index (χ0) is 14.0. The monoisotopic (exact) mass is 280 g/mol. The molecule has 1 heterocycles. The molecule has 0 saturated heterocycles. The minimum absolute atomic E-state index is 0.0425. The average Bonchev–Trinajstić information content (AvgIpc) is 2.27. The molecule has 0 aliphatic heterocycles. The van der Waals surface area contributed by atoms with Crippen LogP contribution < -0.4 is 11.1 Å². The molecule has 0 aliphatic rings. The third-order valence-electron chi connectivity index (χ3n) is 2.60. The molecular formula is C12H16N4O2S. The summed E-state index contributed by atoms with van der Waals surface area (Å²) in [5.74, 6) is 0.634. The molecule has 1 atom stereocenters. The summed E-state index contributed by atoms with van der Waals surface area (Å²) in [7, 11) is -3.04. The fourth-order valence-corrected chi connectivity index (χ4v) is 2.91. The number of sulfone groups is 1. The Morgan fingerprint density at radius 2 is 2.11 bits per heavy atom. The predicted molar refractivity (Wildman–Crippen MR) is 76.7 cm³/mol. The van der Waals surface area contributed by atoms with Crippen LogP contribution in [0.25, 0.3) is 10.9 Å². The summed E-state index contributed by atoms with van der Waals surface area (Å²) in [5.41, 5.74) is 7.12. The topological polar surface area (TPSA) is 98.0 Å². The van der Waals surface area contributed by atoms with Gasteiger partial charge in [0.1, 0.15) is 22.0 Å². The van der Waals surface area contributed by atoms with Crippen molar-refractivity contribution in [2.75, 3.05) is 23.1 Å². The van der Waals surface area contributed by atoms with Crippen LogP contribution in [0.2, 0.25) is 0 Å². The third kappa shape index (κ3) is 3.54. The molecule has 0 saturated carbocycles. The molecule has 6 nitrogen and oxygen atoms in total. The number of fused-ring (bicyclic) bond motifs is 1. The lowest BCUT2D eigenvalue weighted by atomic mass is 10.2. The van der Waals surface area contributed by atoms with Crippen LogP contribution in [0.4, 0.5) is 11.5 Å². The highest BCUT2D eigenvalue weighted by Gasteiger charge is 2.12. The van der Waals surface area contributed by atoms with Crippen molar-refractivity contribution in [1.82, 2.24) is 9.97 Å². The fourth-order valence-electron chi connectivity index (χ4n) is 1.92. The Labute approximate surface area is 112 Å². The van der Waals surface area contributed by atoms with Crippen molar-refractivity contribution in [3.8, 4) is 0 Å². The molecule has 0 fully saturated rings. The first-order valence-corrected chi connectivity index (χ1v) is 7.86. The summed E-state index contributed by atoms with van der Waals surface area (Å²) in [5, 5.41) is 3.86. The Morgan fingerprint density at radius 1 is 1.37 bits per heavy atom. The zero-order valence-corrected chi connectivity index (χ0v) is 11.6. The fraction of sp³-hybridized carbons (Fsp3) is 0.333. The van der Waals surface area contributed by atoms with E-state index in [0.29, 0.717) is 11.5 Å². The molecule has 19 heavy (non-hydrogen) atoms. The van der Waals surface area contributed by atoms with Crippen molar-refractivity contribution in [2.45, 2.75) is 13.0 Å². The highest BCUT2D eigenvalue weighted by Crippen LogP contribution is 2.22. The first-order chi connectivity index (χ1) is 8.85. The van der Waals surface area contributed by atoms with Crippen molar-refractivity contribution < 1.29 is 8.42 Å². The summed E-state index contributed by atoms with van der Waals surface area (Å²) in [6, 6.07) is 5.09. The summed E-state index contributed by atoms with van der Waals surface area (Å²) < 4.78 is 22.5. The van der Waals surface area contributed by atoms with Crippen LogP contribution in [0.5, 0.6) is 0 Å². The van der Waals surface area contributed by atoms with E-state index in [1.54, 1.807) is 25.1 Å². The molecule has 0 aliphatic carbocycles. The third-order valence-corrected chi connectivity index (χ3v) is 3.70. The number of anilines is 2. The first-order valence-electron chi connectivity index (χ1n) is 5.79. The highest BCUT2D eigenvalue weighted by molar-refractivity contribution is 7.90. The van der Waals surface area contributed by atoms with E-state index in [9.17, 15) is 8.42 Å². The van der Waals surface area contributed by atoms with Gasteiger partial charge in [-0.25, -0.2) is 18.4 Å². The van der Waals surface area contributed by atoms with E-state index in [1.165, 1.54) is 12.6 Å². The lowest BCUT2D eigenvalue weighted by Gasteiger charge is -2.14. The highest BCUT2D eigenvalue weighted by atomic mass is 32.2. The number of hydrogen-bond acceptors (Lipinski definition) is 6. The maximum atomic E-state index is 11.3. The molecule has 0 bridgehead atoms. The van der Waals surface area contributed by atoms with Crippen LogP contribution in [0.15, 0.2) is 24.5 Å². The number of nitrogens with zero attached hydrogens (tertiary/aromatic N) is 2. The van der Waals surface area contributed by atoms with Gasteiger partial charge in [-0.15, -0.1) is 0 Å². The molecule has 102 valence electrons. The number of aromatic nitrogens is 2. The van der Waals surface area contributed by atoms with Gasteiger partial charge in [0, 0.05) is 23.4 Å². The predicted octanol–water partition coefficient (Wildman–Crippen LogP) is 1.06. The molecule has 2 rings (SSSR count). The number of hydrogen-bond donors (Lipinski definition) is 2. The Balaban J connectivity index is 2.32. The van der Waals surface area contributed by atoms with Crippen molar-refractivity contribution in [3.63, 3.8) is 0 Å². The first kappa shape index (κ1) is 13.5. The van der Waals surface area contributed by atoms with E-state index in [2.05, 4.69) is 15.3 Å². The summed E-state index contributed by atoms with van der Waals surface area (Å²) >= 11 is 0. The van der Waals surface area contributed by atoms with Crippen LogP contribution in [0, 0.1) is 0 Å². The van der Waals surface area contributed by atoms with Gasteiger partial charge in [0.2, 0.25) is 0 Å². The van der Waals surface area contributed by atoms with Gasteiger partial charge in [-0.3, -0.25) is 0 Å². The maximum Gasteiger partial charge on any atom is 0.149 e. The van der Waals surface area contributed by atoms with Gasteiger partial charge >= 0.3 is 0 Å². The molecule has 1 unspecified atom stereocenters. The summed E-state index contributed by atoms with van der Waals surface area (Å²) in [6.07, 6.45) is 2.65. The largest absolute Gasteiger partial charge is 0.399 e. The number of rotatable bonds is 4. The molecular weight excluding hydrogens is 264 g/mol. The van der Waals surface area contributed by atoms with Crippen LogP contribution >= 0.6 is 0 Å². The van der Waals surface area contributed by atoms with Crippen LogP contribution in [-0.2, 0) is 9.84 Å². The Hall–Kier alpha value is -1.89. The standard InChI is InChI=1S/C12H16N4O2S/c1-8(6-19(2,17)18)16-12-10-5-9(13)3-4-11(10)14-7-15-12/h3-5,7-8H,6,13H2,1-2H3,(H,14,15,16). The van der Waals surface area contributed by atoms with E-state index in [1.807, 2.05) is 0 Å². The second kappa shape index (κ2) is 5.00. The van der Waals surface area contributed by atoms with Crippen LogP contribution in [0.1, 0.15) is 6.92 Å². The van der Waals surface area contributed by atoms with E-state index in [4.69, 9.17) is 5.73 Å². The average molecular weight is 280 g/mol. The molecule has 3 N–H and O–H groups in total.